The van der Waals surface area contributed by atoms with Gasteiger partial charge in [0.1, 0.15) is 5.69 Å². The third-order valence-corrected chi connectivity index (χ3v) is 6.03. The van der Waals surface area contributed by atoms with E-state index in [9.17, 15) is 8.42 Å². The summed E-state index contributed by atoms with van der Waals surface area (Å²) in [5, 5.41) is 5.31. The van der Waals surface area contributed by atoms with Crippen LogP contribution >= 0.6 is 23.2 Å². The standard InChI is InChI=1S/C13H13Cl2N3O2S/c14-10-2-1-8(5-11(10)15)13-12(16)6-18(17-13)9-3-4-21(19,20)7-9/h1-2,5-6,9H,3-4,7,16H2. The van der Waals surface area contributed by atoms with E-state index in [1.165, 1.54) is 0 Å². The van der Waals surface area contributed by atoms with E-state index in [-0.39, 0.29) is 17.5 Å². The molecule has 0 bridgehead atoms. The Balaban J connectivity index is 1.96. The molecule has 2 N–H and O–H groups in total. The number of nitrogen functional groups attached to an aromatic ring is 1. The van der Waals surface area contributed by atoms with Crippen molar-refractivity contribution in [3.63, 3.8) is 0 Å². The smallest absolute Gasteiger partial charge is 0.152 e. The van der Waals surface area contributed by atoms with Crippen molar-refractivity contribution in [2.24, 2.45) is 0 Å². The Hall–Kier alpha value is -1.24. The predicted octanol–water partition coefficient (Wildman–Crippen LogP) is 2.80. The molecule has 0 radical (unpaired) electrons. The molecule has 0 saturated carbocycles. The molecule has 1 aliphatic rings. The van der Waals surface area contributed by atoms with Crippen LogP contribution in [0.1, 0.15) is 12.5 Å². The van der Waals surface area contributed by atoms with Crippen molar-refractivity contribution in [3.05, 3.63) is 34.4 Å². The van der Waals surface area contributed by atoms with Gasteiger partial charge >= 0.3 is 0 Å². The van der Waals surface area contributed by atoms with Gasteiger partial charge in [-0.15, -0.1) is 0 Å². The first kappa shape index (κ1) is 14.7. The van der Waals surface area contributed by atoms with Gasteiger partial charge in [0.25, 0.3) is 0 Å². The van der Waals surface area contributed by atoms with Gasteiger partial charge in [0.05, 0.1) is 33.3 Å². The lowest BCUT2D eigenvalue weighted by Gasteiger charge is -2.07. The van der Waals surface area contributed by atoms with Crippen LogP contribution in [0.25, 0.3) is 11.3 Å². The summed E-state index contributed by atoms with van der Waals surface area (Å²) < 4.78 is 24.7. The zero-order valence-electron chi connectivity index (χ0n) is 11.0. The van der Waals surface area contributed by atoms with Gasteiger partial charge in [0.2, 0.25) is 0 Å². The van der Waals surface area contributed by atoms with Crippen molar-refractivity contribution in [1.82, 2.24) is 9.78 Å². The quantitative estimate of drug-likeness (QED) is 0.907. The van der Waals surface area contributed by atoms with Crippen molar-refractivity contribution in [2.45, 2.75) is 12.5 Å². The Morgan fingerprint density at radius 1 is 1.29 bits per heavy atom. The molecular formula is C13H13Cl2N3O2S. The molecule has 1 aliphatic heterocycles. The van der Waals surface area contributed by atoms with Crippen LogP contribution in [-0.4, -0.2) is 29.7 Å². The Labute approximate surface area is 132 Å². The molecule has 2 aromatic rings. The number of rotatable bonds is 2. The highest BCUT2D eigenvalue weighted by atomic mass is 35.5. The van der Waals surface area contributed by atoms with Crippen LogP contribution in [0.3, 0.4) is 0 Å². The number of halogens is 2. The minimum absolute atomic E-state index is 0.106. The number of hydrogen-bond acceptors (Lipinski definition) is 4. The Kier molecular flexibility index (Phi) is 3.63. The first-order chi connectivity index (χ1) is 9.85. The first-order valence-corrected chi connectivity index (χ1v) is 8.94. The van der Waals surface area contributed by atoms with E-state index in [2.05, 4.69) is 5.10 Å². The summed E-state index contributed by atoms with van der Waals surface area (Å²) in [6.07, 6.45) is 2.23. The summed E-state index contributed by atoms with van der Waals surface area (Å²) in [6.45, 7) is 0. The van der Waals surface area contributed by atoms with Crippen LogP contribution in [0.4, 0.5) is 5.69 Å². The van der Waals surface area contributed by atoms with E-state index in [0.29, 0.717) is 27.8 Å². The highest BCUT2D eigenvalue weighted by molar-refractivity contribution is 7.91. The van der Waals surface area contributed by atoms with Gasteiger partial charge < -0.3 is 5.73 Å². The lowest BCUT2D eigenvalue weighted by atomic mass is 10.1. The lowest BCUT2D eigenvalue weighted by Crippen LogP contribution is -2.11. The van der Waals surface area contributed by atoms with Gasteiger partial charge in [-0.2, -0.15) is 5.10 Å². The number of sulfone groups is 1. The fourth-order valence-electron chi connectivity index (χ4n) is 2.44. The molecule has 1 saturated heterocycles. The van der Waals surface area contributed by atoms with Gasteiger partial charge in [-0.05, 0) is 18.6 Å². The van der Waals surface area contributed by atoms with Crippen LogP contribution in [0.5, 0.6) is 0 Å². The third-order valence-electron chi connectivity index (χ3n) is 3.54. The maximum absolute atomic E-state index is 11.6. The van der Waals surface area contributed by atoms with E-state index in [1.807, 2.05) is 0 Å². The molecule has 0 amide bonds. The summed E-state index contributed by atoms with van der Waals surface area (Å²) in [5.41, 5.74) is 7.80. The summed E-state index contributed by atoms with van der Waals surface area (Å²) in [4.78, 5) is 0. The van der Waals surface area contributed by atoms with Crippen LogP contribution in [0, 0.1) is 0 Å². The minimum atomic E-state index is -2.96. The van der Waals surface area contributed by atoms with Crippen LogP contribution in [-0.2, 0) is 9.84 Å². The zero-order valence-corrected chi connectivity index (χ0v) is 13.3. The fraction of sp³-hybridized carbons (Fsp3) is 0.308. The molecule has 1 aromatic carbocycles. The number of hydrogen-bond donors (Lipinski definition) is 1. The Morgan fingerprint density at radius 2 is 2.05 bits per heavy atom. The zero-order chi connectivity index (χ0) is 15.2. The molecule has 112 valence electrons. The molecule has 5 nitrogen and oxygen atoms in total. The molecule has 8 heteroatoms. The molecule has 1 aromatic heterocycles. The van der Waals surface area contributed by atoms with Crippen molar-refractivity contribution in [1.29, 1.82) is 0 Å². The molecule has 1 fully saturated rings. The van der Waals surface area contributed by atoms with Gasteiger partial charge in [-0.3, -0.25) is 4.68 Å². The van der Waals surface area contributed by atoms with E-state index in [0.717, 1.165) is 5.56 Å². The Morgan fingerprint density at radius 3 is 2.67 bits per heavy atom. The SMILES string of the molecule is Nc1cn(C2CCS(=O)(=O)C2)nc1-c1ccc(Cl)c(Cl)c1. The molecule has 3 rings (SSSR count). The van der Waals surface area contributed by atoms with Crippen molar-refractivity contribution < 1.29 is 8.42 Å². The summed E-state index contributed by atoms with van der Waals surface area (Å²) in [7, 11) is -2.96. The fourth-order valence-corrected chi connectivity index (χ4v) is 4.45. The first-order valence-electron chi connectivity index (χ1n) is 6.36. The molecule has 21 heavy (non-hydrogen) atoms. The normalized spacial score (nSPS) is 20.8. The maximum atomic E-state index is 11.6. The topological polar surface area (TPSA) is 78.0 Å². The maximum Gasteiger partial charge on any atom is 0.152 e. The third kappa shape index (κ3) is 2.88. The second kappa shape index (κ2) is 5.19. The van der Waals surface area contributed by atoms with Crippen LogP contribution < -0.4 is 5.73 Å². The predicted molar refractivity (Wildman–Crippen MR) is 84.4 cm³/mol. The Bertz CT molecular complexity index is 802. The van der Waals surface area contributed by atoms with Gasteiger partial charge in [0, 0.05) is 11.8 Å². The molecule has 1 atom stereocenters. The van der Waals surface area contributed by atoms with Crippen molar-refractivity contribution in [3.8, 4) is 11.3 Å². The van der Waals surface area contributed by atoms with Gasteiger partial charge in [-0.25, -0.2) is 8.42 Å². The lowest BCUT2D eigenvalue weighted by molar-refractivity contribution is 0.501. The number of anilines is 1. The van der Waals surface area contributed by atoms with E-state index >= 15 is 0 Å². The average molecular weight is 346 g/mol. The molecule has 2 heterocycles. The van der Waals surface area contributed by atoms with E-state index < -0.39 is 9.84 Å². The van der Waals surface area contributed by atoms with Crippen molar-refractivity contribution >= 4 is 38.7 Å². The number of aromatic nitrogens is 2. The summed E-state index contributed by atoms with van der Waals surface area (Å²) in [5.74, 6) is 0.300. The monoisotopic (exact) mass is 345 g/mol. The summed E-state index contributed by atoms with van der Waals surface area (Å²) in [6, 6.07) is 4.99. The number of nitrogens with two attached hydrogens (primary N) is 1. The number of nitrogens with zero attached hydrogens (tertiary/aromatic N) is 2. The van der Waals surface area contributed by atoms with Gasteiger partial charge in [-0.1, -0.05) is 29.3 Å². The number of benzene rings is 1. The molecule has 1 unspecified atom stereocenters. The largest absolute Gasteiger partial charge is 0.396 e. The molecule has 0 spiro atoms. The van der Waals surface area contributed by atoms with Crippen molar-refractivity contribution in [2.75, 3.05) is 17.2 Å². The molecule has 0 aliphatic carbocycles. The average Bonchev–Trinajstić information content (AvgIpc) is 2.96. The van der Waals surface area contributed by atoms with Crippen LogP contribution in [0.15, 0.2) is 24.4 Å². The van der Waals surface area contributed by atoms with Gasteiger partial charge in [0.15, 0.2) is 9.84 Å². The van der Waals surface area contributed by atoms with E-state index in [4.69, 9.17) is 28.9 Å². The second-order valence-corrected chi connectivity index (χ2v) is 8.14. The highest BCUT2D eigenvalue weighted by Crippen LogP contribution is 2.32. The minimum Gasteiger partial charge on any atom is -0.396 e. The highest BCUT2D eigenvalue weighted by Gasteiger charge is 2.30. The molecular weight excluding hydrogens is 333 g/mol. The van der Waals surface area contributed by atoms with Crippen LogP contribution in [0.2, 0.25) is 10.0 Å². The summed E-state index contributed by atoms with van der Waals surface area (Å²) >= 11 is 11.9. The van der Waals surface area contributed by atoms with E-state index in [1.54, 1.807) is 29.1 Å². The second-order valence-electron chi connectivity index (χ2n) is 5.10.